The lowest BCUT2D eigenvalue weighted by molar-refractivity contribution is 0.657. The third-order valence-corrected chi connectivity index (χ3v) is 11.6. The lowest BCUT2D eigenvalue weighted by Crippen LogP contribution is -2.26. The molecule has 0 amide bonds. The summed E-state index contributed by atoms with van der Waals surface area (Å²) in [7, 11) is 0. The summed E-state index contributed by atoms with van der Waals surface area (Å²) >= 11 is 0. The largest absolute Gasteiger partial charge is 0.455 e. The zero-order valence-electron chi connectivity index (χ0n) is 29.0. The highest BCUT2D eigenvalue weighted by atomic mass is 16.3. The molecule has 1 nitrogen and oxygen atoms in total. The van der Waals surface area contributed by atoms with Crippen LogP contribution in [0.3, 0.4) is 0 Å². The summed E-state index contributed by atoms with van der Waals surface area (Å²) in [5.74, 6) is 0. The topological polar surface area (TPSA) is 13.1 Å². The Morgan fingerprint density at radius 2 is 1.38 bits per heavy atom. The van der Waals surface area contributed by atoms with Gasteiger partial charge in [-0.25, -0.2) is 0 Å². The molecule has 0 saturated heterocycles. The summed E-state index contributed by atoms with van der Waals surface area (Å²) in [5, 5.41) is 10.2. The first-order chi connectivity index (χ1) is 24.5. The van der Waals surface area contributed by atoms with Gasteiger partial charge < -0.3 is 4.42 Å². The van der Waals surface area contributed by atoms with Crippen molar-refractivity contribution in [2.24, 2.45) is 0 Å². The summed E-state index contributed by atoms with van der Waals surface area (Å²) in [4.78, 5) is 0. The number of allylic oxidation sites excluding steroid dienone is 1. The fourth-order valence-electron chi connectivity index (χ4n) is 9.30. The van der Waals surface area contributed by atoms with Gasteiger partial charge in [-0.05, 0) is 127 Å². The number of rotatable bonds is 2. The highest BCUT2D eigenvalue weighted by Crippen LogP contribution is 2.56. The number of aryl methyl sites for hydroxylation is 1. The van der Waals surface area contributed by atoms with Gasteiger partial charge in [0.15, 0.2) is 0 Å². The van der Waals surface area contributed by atoms with Crippen molar-refractivity contribution in [3.05, 3.63) is 154 Å². The quantitative estimate of drug-likeness (QED) is 0.183. The van der Waals surface area contributed by atoms with Crippen molar-refractivity contribution in [3.8, 4) is 22.3 Å². The van der Waals surface area contributed by atoms with Crippen LogP contribution in [0.15, 0.2) is 120 Å². The summed E-state index contributed by atoms with van der Waals surface area (Å²) in [6.07, 6.45) is 8.99. The molecule has 0 fully saturated rings. The van der Waals surface area contributed by atoms with Crippen molar-refractivity contribution < 1.29 is 4.42 Å². The van der Waals surface area contributed by atoms with Crippen LogP contribution in [0.4, 0.5) is 0 Å². The van der Waals surface area contributed by atoms with Crippen molar-refractivity contribution in [3.63, 3.8) is 0 Å². The van der Waals surface area contributed by atoms with Gasteiger partial charge in [-0.2, -0.15) is 0 Å². The van der Waals surface area contributed by atoms with Crippen LogP contribution in [0.25, 0.3) is 89.5 Å². The average molecular weight is 643 g/mol. The standard InChI is InChI=1S/C49H38O/c1-5-29-25-34-13-7-8-14-37(34)44(36(29)6-2)35-22-21-30-26-31(19-20-32(30)27-35)33-23-24-40-42(28-33)49(3,4)47-39-16-10-9-15-38(39)45-41-17-11-12-18-43(41)50-48(45)46(40)47/h5-18,21-28H,19-20H2,1-4H3/b29-5-,36-6+. The first kappa shape index (κ1) is 29.3. The minimum absolute atomic E-state index is 0.170. The van der Waals surface area contributed by atoms with Crippen LogP contribution < -0.4 is 10.4 Å². The Hall–Kier alpha value is -5.66. The molecule has 0 radical (unpaired) electrons. The number of hydrogen-bond acceptors (Lipinski definition) is 1. The van der Waals surface area contributed by atoms with Gasteiger partial charge >= 0.3 is 0 Å². The fourth-order valence-corrected chi connectivity index (χ4v) is 9.30. The van der Waals surface area contributed by atoms with Crippen molar-refractivity contribution in [1.29, 1.82) is 0 Å². The van der Waals surface area contributed by atoms with Crippen LogP contribution in [0.1, 0.15) is 61.9 Å². The number of hydrogen-bond donors (Lipinski definition) is 0. The van der Waals surface area contributed by atoms with E-state index in [4.69, 9.17) is 4.42 Å². The maximum Gasteiger partial charge on any atom is 0.144 e. The maximum atomic E-state index is 6.72. The summed E-state index contributed by atoms with van der Waals surface area (Å²) in [5.41, 5.74) is 15.2. The zero-order chi connectivity index (χ0) is 33.7. The molecule has 10 rings (SSSR count). The zero-order valence-corrected chi connectivity index (χ0v) is 29.0. The van der Waals surface area contributed by atoms with Crippen molar-refractivity contribution >= 4 is 67.3 Å². The van der Waals surface area contributed by atoms with Gasteiger partial charge in [-0.3, -0.25) is 0 Å². The Morgan fingerprint density at radius 3 is 2.20 bits per heavy atom. The van der Waals surface area contributed by atoms with E-state index in [1.54, 1.807) is 0 Å². The molecule has 1 aromatic heterocycles. The molecule has 1 heterocycles. The Balaban J connectivity index is 1.11. The van der Waals surface area contributed by atoms with E-state index >= 15 is 0 Å². The van der Waals surface area contributed by atoms with E-state index in [0.717, 1.165) is 24.0 Å². The van der Waals surface area contributed by atoms with Crippen LogP contribution in [0, 0.1) is 0 Å². The molecule has 8 aromatic rings. The Labute approximate surface area is 292 Å². The van der Waals surface area contributed by atoms with E-state index in [9.17, 15) is 0 Å². The SMILES string of the molecule is C/C=c1/cc2ccccc2c(-c2ccc3c(c2)CCC(c2ccc4c(c2)C(C)(C)c2c-4c4oc5ccccc5c4c4ccccc24)=C3)/c1=C/C. The van der Waals surface area contributed by atoms with E-state index in [-0.39, 0.29) is 5.41 Å². The molecule has 0 spiro atoms. The van der Waals surface area contributed by atoms with Crippen molar-refractivity contribution in [2.75, 3.05) is 0 Å². The molecule has 0 N–H and O–H groups in total. The van der Waals surface area contributed by atoms with E-state index < -0.39 is 0 Å². The van der Waals surface area contributed by atoms with Crippen LogP contribution in [-0.2, 0) is 11.8 Å². The normalized spacial score (nSPS) is 15.6. The van der Waals surface area contributed by atoms with E-state index in [1.165, 1.54) is 98.4 Å². The first-order valence-electron chi connectivity index (χ1n) is 18.0. The molecule has 0 aliphatic heterocycles. The highest BCUT2D eigenvalue weighted by molar-refractivity contribution is 6.25. The summed E-state index contributed by atoms with van der Waals surface area (Å²) in [6, 6.07) is 42.8. The Bertz CT molecular complexity index is 2910. The minimum atomic E-state index is -0.170. The minimum Gasteiger partial charge on any atom is -0.455 e. The van der Waals surface area contributed by atoms with Gasteiger partial charge in [-0.15, -0.1) is 0 Å². The maximum absolute atomic E-state index is 6.72. The predicted molar refractivity (Wildman–Crippen MR) is 214 cm³/mol. The molecular formula is C49H38O. The molecule has 0 atom stereocenters. The Morgan fingerprint density at radius 1 is 0.640 bits per heavy atom. The van der Waals surface area contributed by atoms with Crippen LogP contribution in [0.5, 0.6) is 0 Å². The fraction of sp³-hybridized carbons (Fsp3) is 0.143. The van der Waals surface area contributed by atoms with Crippen molar-refractivity contribution in [1.82, 2.24) is 0 Å². The predicted octanol–water partition coefficient (Wildman–Crippen LogP) is 12.0. The summed E-state index contributed by atoms with van der Waals surface area (Å²) in [6.45, 7) is 9.09. The van der Waals surface area contributed by atoms with E-state index in [1.807, 2.05) is 0 Å². The van der Waals surface area contributed by atoms with Crippen LogP contribution in [0.2, 0.25) is 0 Å². The Kier molecular flexibility index (Phi) is 6.25. The molecule has 7 aromatic carbocycles. The van der Waals surface area contributed by atoms with Crippen LogP contribution >= 0.6 is 0 Å². The van der Waals surface area contributed by atoms with Gasteiger partial charge in [0.1, 0.15) is 11.2 Å². The third-order valence-electron chi connectivity index (χ3n) is 11.6. The molecular weight excluding hydrogens is 605 g/mol. The highest BCUT2D eigenvalue weighted by Gasteiger charge is 2.40. The molecule has 240 valence electrons. The molecule has 0 unspecified atom stereocenters. The average Bonchev–Trinajstić information content (AvgIpc) is 3.66. The van der Waals surface area contributed by atoms with Gasteiger partial charge in [-0.1, -0.05) is 129 Å². The number of benzene rings is 7. The van der Waals surface area contributed by atoms with E-state index in [0.29, 0.717) is 0 Å². The molecule has 2 aliphatic carbocycles. The van der Waals surface area contributed by atoms with Crippen molar-refractivity contribution in [2.45, 2.75) is 46.0 Å². The second-order valence-electron chi connectivity index (χ2n) is 14.6. The molecule has 50 heavy (non-hydrogen) atoms. The summed E-state index contributed by atoms with van der Waals surface area (Å²) < 4.78 is 6.72. The third kappa shape index (κ3) is 4.01. The number of fused-ring (bicyclic) bond motifs is 12. The number of para-hydroxylation sites is 1. The molecule has 1 heteroatoms. The first-order valence-corrected chi connectivity index (χ1v) is 18.0. The van der Waals surface area contributed by atoms with Gasteiger partial charge in [0.05, 0.1) is 0 Å². The molecule has 0 saturated carbocycles. The van der Waals surface area contributed by atoms with Gasteiger partial charge in [0.25, 0.3) is 0 Å². The monoisotopic (exact) mass is 642 g/mol. The van der Waals surface area contributed by atoms with Gasteiger partial charge in [0.2, 0.25) is 0 Å². The smallest absolute Gasteiger partial charge is 0.144 e. The van der Waals surface area contributed by atoms with Gasteiger partial charge in [0, 0.05) is 21.8 Å². The lowest BCUT2D eigenvalue weighted by Gasteiger charge is -2.24. The molecule has 2 aliphatic rings. The second-order valence-corrected chi connectivity index (χ2v) is 14.6. The van der Waals surface area contributed by atoms with E-state index in [2.05, 4.69) is 161 Å². The second kappa shape index (κ2) is 10.7. The molecule has 0 bridgehead atoms. The van der Waals surface area contributed by atoms with Crippen LogP contribution in [-0.4, -0.2) is 0 Å². The number of furan rings is 1. The lowest BCUT2D eigenvalue weighted by atomic mass is 9.78.